The molecular formula is C18H27N5O2. The van der Waals surface area contributed by atoms with Crippen LogP contribution >= 0.6 is 0 Å². The number of carbonyl (C=O) groups excluding carboxylic acids is 1. The number of aromatic nitrogens is 3. The fourth-order valence-electron chi connectivity index (χ4n) is 3.95. The zero-order chi connectivity index (χ0) is 17.9. The van der Waals surface area contributed by atoms with Crippen molar-refractivity contribution >= 4 is 11.7 Å². The summed E-state index contributed by atoms with van der Waals surface area (Å²) in [6.45, 7) is 5.44. The maximum Gasteiger partial charge on any atom is 0.318 e. The number of hydrogen-bond donors (Lipinski definition) is 1. The number of carbonyl (C=O) groups is 1. The van der Waals surface area contributed by atoms with Crippen molar-refractivity contribution in [3.63, 3.8) is 0 Å². The summed E-state index contributed by atoms with van der Waals surface area (Å²) in [5.74, 6) is 0.732. The molecule has 2 atom stereocenters. The molecule has 2 aromatic heterocycles. The van der Waals surface area contributed by atoms with Crippen molar-refractivity contribution in [1.29, 1.82) is 0 Å². The van der Waals surface area contributed by atoms with E-state index in [1.807, 2.05) is 40.6 Å². The molecule has 1 saturated heterocycles. The van der Waals surface area contributed by atoms with E-state index in [2.05, 4.69) is 22.4 Å². The molecular weight excluding hydrogens is 318 g/mol. The highest BCUT2D eigenvalue weighted by Gasteiger charge is 2.43. The quantitative estimate of drug-likeness (QED) is 0.874. The number of amides is 2. The second kappa shape index (κ2) is 7.39. The van der Waals surface area contributed by atoms with Crippen LogP contribution in [0.5, 0.6) is 0 Å². The topological polar surface area (TPSA) is 71.8 Å². The Morgan fingerprint density at radius 3 is 3.04 bits per heavy atom. The molecule has 1 aliphatic heterocycles. The number of rotatable bonds is 6. The number of urea groups is 1. The minimum Gasteiger partial charge on any atom is -0.382 e. The van der Waals surface area contributed by atoms with Crippen LogP contribution in [0.4, 0.5) is 4.79 Å². The number of fused-ring (bicyclic) bond motifs is 1. The van der Waals surface area contributed by atoms with Crippen LogP contribution in [0, 0.1) is 0 Å². The molecule has 1 aliphatic rings. The molecule has 0 radical (unpaired) electrons. The summed E-state index contributed by atoms with van der Waals surface area (Å²) in [6, 6.07) is 5.47. The zero-order valence-electron chi connectivity index (χ0n) is 15.2. The van der Waals surface area contributed by atoms with Crippen LogP contribution in [0.1, 0.15) is 51.4 Å². The van der Waals surface area contributed by atoms with Crippen molar-refractivity contribution in [2.24, 2.45) is 0 Å². The van der Waals surface area contributed by atoms with Gasteiger partial charge in [0.2, 0.25) is 0 Å². The van der Waals surface area contributed by atoms with Crippen LogP contribution in [0.2, 0.25) is 0 Å². The molecule has 25 heavy (non-hydrogen) atoms. The number of ether oxygens (including phenoxy) is 1. The van der Waals surface area contributed by atoms with Gasteiger partial charge in [-0.05, 0) is 38.3 Å². The molecule has 136 valence electrons. The molecule has 3 rings (SSSR count). The lowest BCUT2D eigenvalue weighted by Crippen LogP contribution is -2.54. The van der Waals surface area contributed by atoms with Crippen LogP contribution in [0.25, 0.3) is 5.65 Å². The van der Waals surface area contributed by atoms with E-state index in [0.717, 1.165) is 43.7 Å². The number of nitrogens with one attached hydrogen (secondary N) is 1. The van der Waals surface area contributed by atoms with Gasteiger partial charge in [-0.3, -0.25) is 4.40 Å². The van der Waals surface area contributed by atoms with Crippen LogP contribution in [0.3, 0.4) is 0 Å². The van der Waals surface area contributed by atoms with Crippen LogP contribution in [-0.2, 0) is 4.74 Å². The third kappa shape index (κ3) is 3.33. The van der Waals surface area contributed by atoms with Gasteiger partial charge in [0.25, 0.3) is 0 Å². The van der Waals surface area contributed by atoms with Gasteiger partial charge < -0.3 is 15.0 Å². The lowest BCUT2D eigenvalue weighted by molar-refractivity contribution is 0.0494. The third-order valence-electron chi connectivity index (χ3n) is 5.04. The van der Waals surface area contributed by atoms with E-state index >= 15 is 0 Å². The Kier molecular flexibility index (Phi) is 5.22. The van der Waals surface area contributed by atoms with E-state index in [1.54, 1.807) is 7.11 Å². The average Bonchev–Trinajstić information content (AvgIpc) is 3.20. The number of likely N-dealkylation sites (tertiary alicyclic amines) is 1. The van der Waals surface area contributed by atoms with Crippen molar-refractivity contribution in [3.8, 4) is 0 Å². The molecule has 7 heteroatoms. The van der Waals surface area contributed by atoms with Crippen molar-refractivity contribution in [1.82, 2.24) is 24.8 Å². The Morgan fingerprint density at radius 2 is 2.28 bits per heavy atom. The van der Waals surface area contributed by atoms with E-state index in [-0.39, 0.29) is 17.6 Å². The first-order chi connectivity index (χ1) is 12.1. The molecule has 1 fully saturated rings. The van der Waals surface area contributed by atoms with Crippen molar-refractivity contribution in [3.05, 3.63) is 30.2 Å². The summed E-state index contributed by atoms with van der Waals surface area (Å²) in [6.07, 6.45) is 5.90. The Hall–Kier alpha value is -2.15. The summed E-state index contributed by atoms with van der Waals surface area (Å²) in [4.78, 5) is 14.9. The highest BCUT2D eigenvalue weighted by atomic mass is 16.5. The van der Waals surface area contributed by atoms with E-state index in [4.69, 9.17) is 4.74 Å². The Bertz CT molecular complexity index is 723. The summed E-state index contributed by atoms with van der Waals surface area (Å²) in [5, 5.41) is 11.5. The standard InChI is InChI=1S/C18H27N5O2/c1-4-9-18(13-25-3)10-7-12-23(18)17(24)19-14(2)16-21-20-15-8-5-6-11-22(15)16/h5-6,8,11,14H,4,7,9-10,12-13H2,1-3H3,(H,19,24)/t14-,18+/m1/s1. The average molecular weight is 345 g/mol. The number of hydrogen-bond acceptors (Lipinski definition) is 4. The molecule has 2 amide bonds. The Labute approximate surface area is 148 Å². The normalized spacial score (nSPS) is 21.6. The van der Waals surface area contributed by atoms with E-state index in [9.17, 15) is 4.79 Å². The largest absolute Gasteiger partial charge is 0.382 e. The third-order valence-corrected chi connectivity index (χ3v) is 5.04. The smallest absolute Gasteiger partial charge is 0.318 e. The molecule has 7 nitrogen and oxygen atoms in total. The Balaban J connectivity index is 1.76. The van der Waals surface area contributed by atoms with E-state index in [1.165, 1.54) is 0 Å². The molecule has 1 N–H and O–H groups in total. The highest BCUT2D eigenvalue weighted by molar-refractivity contribution is 5.76. The maximum absolute atomic E-state index is 13.0. The molecule has 0 unspecified atom stereocenters. The lowest BCUT2D eigenvalue weighted by Gasteiger charge is -2.38. The van der Waals surface area contributed by atoms with Gasteiger partial charge in [0, 0.05) is 19.9 Å². The molecule has 3 heterocycles. The SMILES string of the molecule is CCC[C@@]1(COC)CCCN1C(=O)N[C@H](C)c1nnc2ccccn12. The first kappa shape index (κ1) is 17.7. The summed E-state index contributed by atoms with van der Waals surface area (Å²) >= 11 is 0. The molecule has 0 spiro atoms. The fraction of sp³-hybridized carbons (Fsp3) is 0.611. The van der Waals surface area contributed by atoms with Gasteiger partial charge in [-0.15, -0.1) is 10.2 Å². The van der Waals surface area contributed by atoms with Gasteiger partial charge in [-0.1, -0.05) is 19.4 Å². The predicted molar refractivity (Wildman–Crippen MR) is 95.4 cm³/mol. The van der Waals surface area contributed by atoms with Crippen LogP contribution in [0.15, 0.2) is 24.4 Å². The van der Waals surface area contributed by atoms with Gasteiger partial charge >= 0.3 is 6.03 Å². The fourth-order valence-corrected chi connectivity index (χ4v) is 3.95. The Morgan fingerprint density at radius 1 is 1.44 bits per heavy atom. The van der Waals surface area contributed by atoms with Crippen molar-refractivity contribution in [2.45, 2.75) is 51.1 Å². The van der Waals surface area contributed by atoms with Gasteiger partial charge in [0.15, 0.2) is 11.5 Å². The highest BCUT2D eigenvalue weighted by Crippen LogP contribution is 2.34. The number of pyridine rings is 1. The predicted octanol–water partition coefficient (Wildman–Crippen LogP) is 2.78. The number of nitrogens with zero attached hydrogens (tertiary/aromatic N) is 4. The van der Waals surface area contributed by atoms with Crippen molar-refractivity contribution < 1.29 is 9.53 Å². The first-order valence-electron chi connectivity index (χ1n) is 8.98. The van der Waals surface area contributed by atoms with Gasteiger partial charge in [-0.2, -0.15) is 0 Å². The summed E-state index contributed by atoms with van der Waals surface area (Å²) in [7, 11) is 1.71. The second-order valence-corrected chi connectivity index (χ2v) is 6.82. The van der Waals surface area contributed by atoms with Crippen molar-refractivity contribution in [2.75, 3.05) is 20.3 Å². The van der Waals surface area contributed by atoms with E-state index < -0.39 is 0 Å². The minimum atomic E-state index is -0.229. The summed E-state index contributed by atoms with van der Waals surface area (Å²) < 4.78 is 7.35. The lowest BCUT2D eigenvalue weighted by atomic mass is 9.91. The molecule has 2 aromatic rings. The molecule has 0 bridgehead atoms. The molecule has 0 aromatic carbocycles. The number of methoxy groups -OCH3 is 1. The monoisotopic (exact) mass is 345 g/mol. The molecule has 0 aliphatic carbocycles. The second-order valence-electron chi connectivity index (χ2n) is 6.82. The van der Waals surface area contributed by atoms with Gasteiger partial charge in [0.1, 0.15) is 0 Å². The van der Waals surface area contributed by atoms with E-state index in [0.29, 0.717) is 6.61 Å². The minimum absolute atomic E-state index is 0.0526. The van der Waals surface area contributed by atoms with Gasteiger partial charge in [0.05, 0.1) is 18.2 Å². The van der Waals surface area contributed by atoms with Crippen LogP contribution in [-0.4, -0.2) is 51.3 Å². The zero-order valence-corrected chi connectivity index (χ0v) is 15.2. The van der Waals surface area contributed by atoms with Gasteiger partial charge in [-0.25, -0.2) is 4.79 Å². The molecule has 0 saturated carbocycles. The van der Waals surface area contributed by atoms with Crippen LogP contribution < -0.4 is 5.32 Å². The first-order valence-corrected chi connectivity index (χ1v) is 8.98. The maximum atomic E-state index is 13.0. The summed E-state index contributed by atoms with van der Waals surface area (Å²) in [5.41, 5.74) is 0.583.